The van der Waals surface area contributed by atoms with Crippen molar-refractivity contribution in [3.05, 3.63) is 51.4 Å². The maximum absolute atomic E-state index is 12.7. The molecule has 4 rings (SSSR count). The lowest BCUT2D eigenvalue weighted by Crippen LogP contribution is -2.37. The molecule has 1 atom stereocenters. The van der Waals surface area contributed by atoms with Gasteiger partial charge in [-0.2, -0.15) is 5.26 Å². The number of hydrogen-bond donors (Lipinski definition) is 1. The molecular formula is C23H23N3O3S. The van der Waals surface area contributed by atoms with Crippen molar-refractivity contribution >= 4 is 34.1 Å². The van der Waals surface area contributed by atoms with E-state index in [9.17, 15) is 19.6 Å². The number of nitrogens with zero attached hydrogens (tertiary/aromatic N) is 2. The Balaban J connectivity index is 1.51. The first-order valence-electron chi connectivity index (χ1n) is 10.0. The van der Waals surface area contributed by atoms with E-state index >= 15 is 0 Å². The molecule has 0 radical (unpaired) electrons. The SMILES string of the molecule is CC(C)(C)[C@@H]1CCc2c(sc(NC(=O)CN3C(=O)c4ccccc4C3=O)c2C#N)C1. The Morgan fingerprint density at radius 1 is 1.23 bits per heavy atom. The van der Waals surface area contributed by atoms with Gasteiger partial charge in [0.05, 0.1) is 16.7 Å². The normalized spacial score (nSPS) is 18.1. The van der Waals surface area contributed by atoms with Crippen molar-refractivity contribution in [2.24, 2.45) is 11.3 Å². The zero-order valence-electron chi connectivity index (χ0n) is 17.2. The predicted molar refractivity (Wildman–Crippen MR) is 114 cm³/mol. The summed E-state index contributed by atoms with van der Waals surface area (Å²) < 4.78 is 0. The van der Waals surface area contributed by atoms with E-state index in [2.05, 4.69) is 32.2 Å². The third-order valence-corrected chi connectivity index (χ3v) is 7.20. The fourth-order valence-corrected chi connectivity index (χ4v) is 5.52. The minimum absolute atomic E-state index is 0.184. The van der Waals surface area contributed by atoms with Crippen LogP contribution in [0.1, 0.15) is 63.9 Å². The molecule has 0 saturated carbocycles. The highest BCUT2D eigenvalue weighted by Crippen LogP contribution is 2.44. The number of hydrogen-bond acceptors (Lipinski definition) is 5. The second-order valence-corrected chi connectivity index (χ2v) is 10.0. The van der Waals surface area contributed by atoms with Gasteiger partial charge in [-0.05, 0) is 48.3 Å². The molecule has 1 N–H and O–H groups in total. The summed E-state index contributed by atoms with van der Waals surface area (Å²) in [6.45, 7) is 6.31. The van der Waals surface area contributed by atoms with Gasteiger partial charge in [0.25, 0.3) is 11.8 Å². The zero-order valence-corrected chi connectivity index (χ0v) is 18.1. The van der Waals surface area contributed by atoms with Crippen LogP contribution < -0.4 is 5.32 Å². The van der Waals surface area contributed by atoms with Crippen molar-refractivity contribution in [2.45, 2.75) is 40.0 Å². The van der Waals surface area contributed by atoms with Gasteiger partial charge in [0.2, 0.25) is 5.91 Å². The standard InChI is InChI=1S/C23H23N3O3S/c1-23(2,3)13-8-9-14-17(11-24)20(30-18(14)10-13)25-19(27)12-26-21(28)15-6-4-5-7-16(15)22(26)29/h4-7,13H,8-10,12H2,1-3H3,(H,25,27)/t13-/m1/s1. The number of amides is 3. The van der Waals surface area contributed by atoms with Crippen molar-refractivity contribution in [1.29, 1.82) is 5.26 Å². The molecular weight excluding hydrogens is 398 g/mol. The topological polar surface area (TPSA) is 90.3 Å². The van der Waals surface area contributed by atoms with Crippen LogP contribution in [0.25, 0.3) is 0 Å². The summed E-state index contributed by atoms with van der Waals surface area (Å²) in [6.07, 6.45) is 2.74. The molecule has 0 saturated heterocycles. The summed E-state index contributed by atoms with van der Waals surface area (Å²) in [7, 11) is 0. The monoisotopic (exact) mass is 421 g/mol. The van der Waals surface area contributed by atoms with E-state index in [0.29, 0.717) is 27.6 Å². The van der Waals surface area contributed by atoms with Crippen LogP contribution in [0.3, 0.4) is 0 Å². The maximum atomic E-state index is 12.7. The summed E-state index contributed by atoms with van der Waals surface area (Å²) in [6, 6.07) is 8.78. The van der Waals surface area contributed by atoms with Crippen molar-refractivity contribution in [1.82, 2.24) is 4.90 Å². The van der Waals surface area contributed by atoms with E-state index in [-0.39, 0.29) is 12.0 Å². The molecule has 30 heavy (non-hydrogen) atoms. The number of rotatable bonds is 3. The van der Waals surface area contributed by atoms with Gasteiger partial charge in [0, 0.05) is 4.88 Å². The van der Waals surface area contributed by atoms with Gasteiger partial charge in [0.15, 0.2) is 0 Å². The second kappa shape index (κ2) is 7.37. The van der Waals surface area contributed by atoms with Crippen LogP contribution in [-0.2, 0) is 17.6 Å². The highest BCUT2D eigenvalue weighted by Gasteiger charge is 2.37. The quantitative estimate of drug-likeness (QED) is 0.759. The van der Waals surface area contributed by atoms with Gasteiger partial charge in [-0.15, -0.1) is 11.3 Å². The van der Waals surface area contributed by atoms with Crippen molar-refractivity contribution in [2.75, 3.05) is 11.9 Å². The van der Waals surface area contributed by atoms with Crippen LogP contribution in [0.15, 0.2) is 24.3 Å². The number of carbonyl (C=O) groups is 3. The van der Waals surface area contributed by atoms with Crippen LogP contribution >= 0.6 is 11.3 Å². The minimum atomic E-state index is -0.480. The number of fused-ring (bicyclic) bond motifs is 2. The molecule has 2 aliphatic rings. The van der Waals surface area contributed by atoms with Crippen LogP contribution in [0.4, 0.5) is 5.00 Å². The van der Waals surface area contributed by atoms with E-state index in [4.69, 9.17) is 0 Å². The number of nitriles is 1. The van der Waals surface area contributed by atoms with Crippen LogP contribution in [0.5, 0.6) is 0 Å². The third kappa shape index (κ3) is 3.41. The van der Waals surface area contributed by atoms with Crippen LogP contribution in [0.2, 0.25) is 0 Å². The van der Waals surface area contributed by atoms with Crippen molar-refractivity contribution in [3.8, 4) is 6.07 Å². The third-order valence-electron chi connectivity index (χ3n) is 6.03. The Kier molecular flexibility index (Phi) is 4.99. The molecule has 0 fully saturated rings. The molecule has 1 aliphatic heterocycles. The largest absolute Gasteiger partial charge is 0.315 e. The lowest BCUT2D eigenvalue weighted by molar-refractivity contribution is -0.116. The average Bonchev–Trinajstić information content (AvgIpc) is 3.16. The lowest BCUT2D eigenvalue weighted by atomic mass is 9.72. The molecule has 0 bridgehead atoms. The summed E-state index contributed by atoms with van der Waals surface area (Å²) in [5, 5.41) is 13.0. The van der Waals surface area contributed by atoms with E-state index in [1.807, 2.05) is 0 Å². The smallest absolute Gasteiger partial charge is 0.262 e. The van der Waals surface area contributed by atoms with E-state index < -0.39 is 17.7 Å². The van der Waals surface area contributed by atoms with Gasteiger partial charge in [0.1, 0.15) is 17.6 Å². The number of carbonyl (C=O) groups excluding carboxylic acids is 3. The van der Waals surface area contributed by atoms with Gasteiger partial charge >= 0.3 is 0 Å². The molecule has 1 aromatic carbocycles. The summed E-state index contributed by atoms with van der Waals surface area (Å²) in [5.74, 6) is -0.890. The molecule has 154 valence electrons. The average molecular weight is 422 g/mol. The number of anilines is 1. The van der Waals surface area contributed by atoms with Crippen LogP contribution in [0, 0.1) is 22.7 Å². The molecule has 2 heterocycles. The summed E-state index contributed by atoms with van der Waals surface area (Å²) in [4.78, 5) is 39.7. The molecule has 0 unspecified atom stereocenters. The maximum Gasteiger partial charge on any atom is 0.262 e. The molecule has 3 amide bonds. The van der Waals surface area contributed by atoms with Crippen LogP contribution in [-0.4, -0.2) is 29.2 Å². The highest BCUT2D eigenvalue weighted by atomic mass is 32.1. The Bertz CT molecular complexity index is 1070. The second-order valence-electron chi connectivity index (χ2n) is 8.92. The number of thiophene rings is 1. The molecule has 6 nitrogen and oxygen atoms in total. The first-order chi connectivity index (χ1) is 14.2. The zero-order chi connectivity index (χ0) is 21.6. The Labute approximate surface area is 179 Å². The van der Waals surface area contributed by atoms with Gasteiger partial charge in [-0.3, -0.25) is 19.3 Å². The number of nitrogens with one attached hydrogen (secondary N) is 1. The van der Waals surface area contributed by atoms with Gasteiger partial charge < -0.3 is 5.32 Å². The fraction of sp³-hybridized carbons (Fsp3) is 0.391. The Hall–Kier alpha value is -2.98. The number of benzene rings is 1. The Morgan fingerprint density at radius 2 is 1.87 bits per heavy atom. The molecule has 1 aromatic heterocycles. The summed E-state index contributed by atoms with van der Waals surface area (Å²) >= 11 is 1.44. The number of imide groups is 1. The van der Waals surface area contributed by atoms with Crippen molar-refractivity contribution in [3.63, 3.8) is 0 Å². The van der Waals surface area contributed by atoms with E-state index in [0.717, 1.165) is 34.6 Å². The first-order valence-corrected chi connectivity index (χ1v) is 10.8. The fourth-order valence-electron chi connectivity index (χ4n) is 4.22. The lowest BCUT2D eigenvalue weighted by Gasteiger charge is -2.33. The molecule has 0 spiro atoms. The van der Waals surface area contributed by atoms with E-state index in [1.54, 1.807) is 24.3 Å². The van der Waals surface area contributed by atoms with Gasteiger partial charge in [-0.25, -0.2) is 0 Å². The van der Waals surface area contributed by atoms with Crippen molar-refractivity contribution < 1.29 is 14.4 Å². The minimum Gasteiger partial charge on any atom is -0.315 e. The van der Waals surface area contributed by atoms with Gasteiger partial charge in [-0.1, -0.05) is 32.9 Å². The first kappa shape index (κ1) is 20.3. The molecule has 7 heteroatoms. The summed E-state index contributed by atoms with van der Waals surface area (Å²) in [5.41, 5.74) is 2.35. The predicted octanol–water partition coefficient (Wildman–Crippen LogP) is 4.01. The highest BCUT2D eigenvalue weighted by molar-refractivity contribution is 7.16. The Morgan fingerprint density at radius 3 is 2.43 bits per heavy atom. The molecule has 2 aromatic rings. The van der Waals surface area contributed by atoms with E-state index in [1.165, 1.54) is 11.3 Å². The molecule has 1 aliphatic carbocycles.